The molecule has 0 atom stereocenters. The van der Waals surface area contributed by atoms with Crippen LogP contribution in [0, 0.1) is 13.8 Å². The van der Waals surface area contributed by atoms with Crippen LogP contribution in [0.2, 0.25) is 0 Å². The minimum absolute atomic E-state index is 0.540. The standard InChI is InChI=1S/C88H68N8O2/c1-55-49-57(53-89-51-55)15-11-13-47-97-81-23-9-7-21-69(81)85-77-43-39-73(91-77)83-67-19-5-3-17-65(67)59-25-29-61(30-26-59)71-37-35-63-33-34-64-36-38-72(96-88(64)87(63)95-71)62-31-27-60(28-32-62)66-18-4-6-20-68(66)84(74-40-44-78(85)92-74)76-42-46-80(94-76)86(79-45-41-75(83)93-79)70-22-8-10-24-82(70)98-48-14-12-16-58-50-56(2)52-90-54-58/h3-10,17-46,49-54,91,94H,11-16,47-48H2,1-2H3. The Balaban J connectivity index is 0.920. The summed E-state index contributed by atoms with van der Waals surface area (Å²) < 4.78 is 13.8. The van der Waals surface area contributed by atoms with Crippen molar-refractivity contribution in [3.63, 3.8) is 0 Å². The van der Waals surface area contributed by atoms with Crippen molar-refractivity contribution in [2.45, 2.75) is 52.4 Å². The molecule has 472 valence electrons. The zero-order valence-electron chi connectivity index (χ0n) is 54.6. The van der Waals surface area contributed by atoms with Crippen molar-refractivity contribution in [1.82, 2.24) is 39.9 Å². The number of aromatic nitrogens is 8. The van der Waals surface area contributed by atoms with Gasteiger partial charge in [-0.25, -0.2) is 19.9 Å². The van der Waals surface area contributed by atoms with E-state index in [1.807, 2.05) is 24.8 Å². The Hall–Kier alpha value is -12.1. The average molecular weight is 1270 g/mol. The van der Waals surface area contributed by atoms with Crippen molar-refractivity contribution >= 4 is 68.2 Å². The highest BCUT2D eigenvalue weighted by molar-refractivity contribution is 6.06. The third-order valence-electron chi connectivity index (χ3n) is 19.1. The second-order valence-electron chi connectivity index (χ2n) is 25.7. The molecular weight excluding hydrogens is 1200 g/mol. The molecular formula is C88H68N8O2. The molecule has 0 aliphatic carbocycles. The molecule has 2 N–H and O–H groups in total. The van der Waals surface area contributed by atoms with Crippen LogP contribution in [0.15, 0.2) is 243 Å². The third kappa shape index (κ3) is 11.6. The van der Waals surface area contributed by atoms with Gasteiger partial charge in [-0.3, -0.25) is 9.97 Å². The van der Waals surface area contributed by atoms with Crippen molar-refractivity contribution in [2.24, 2.45) is 0 Å². The van der Waals surface area contributed by atoms with Crippen LogP contribution in [0.5, 0.6) is 11.5 Å². The third-order valence-corrected chi connectivity index (χ3v) is 19.1. The molecule has 98 heavy (non-hydrogen) atoms. The molecule has 6 aliphatic rings. The Morgan fingerprint density at radius 1 is 0.316 bits per heavy atom. The molecule has 0 fully saturated rings. The van der Waals surface area contributed by atoms with E-state index >= 15 is 0 Å². The number of nitrogens with one attached hydrogen (secondary N) is 2. The van der Waals surface area contributed by atoms with E-state index in [9.17, 15) is 0 Å². The molecule has 13 heterocycles. The van der Waals surface area contributed by atoms with E-state index in [1.165, 1.54) is 22.3 Å². The number of H-pyrrole nitrogens is 2. The molecule has 0 radical (unpaired) electrons. The number of benzene rings is 7. The van der Waals surface area contributed by atoms with Gasteiger partial charge < -0.3 is 19.4 Å². The van der Waals surface area contributed by atoms with Gasteiger partial charge in [0.1, 0.15) is 11.5 Å². The van der Waals surface area contributed by atoms with Crippen LogP contribution < -0.4 is 9.47 Å². The quantitative estimate of drug-likeness (QED) is 0.0814. The van der Waals surface area contributed by atoms with Gasteiger partial charge in [0.25, 0.3) is 0 Å². The number of aromatic amines is 2. The van der Waals surface area contributed by atoms with Crippen LogP contribution in [0.1, 0.15) is 70.7 Å². The molecule has 7 aromatic heterocycles. The molecule has 14 aromatic rings. The molecule has 0 unspecified atom stereocenters. The van der Waals surface area contributed by atoms with Crippen molar-refractivity contribution in [1.29, 1.82) is 0 Å². The second kappa shape index (κ2) is 25.9. The van der Waals surface area contributed by atoms with Crippen LogP contribution in [-0.2, 0) is 12.8 Å². The number of unbranched alkanes of at least 4 members (excludes halogenated alkanes) is 2. The number of fused-ring (bicyclic) bond motifs is 2. The van der Waals surface area contributed by atoms with Gasteiger partial charge in [-0.05, 0) is 181 Å². The van der Waals surface area contributed by atoms with Gasteiger partial charge in [-0.1, -0.05) is 170 Å². The lowest BCUT2D eigenvalue weighted by Gasteiger charge is -2.14. The molecule has 10 nitrogen and oxygen atoms in total. The Kier molecular flexibility index (Phi) is 15.7. The van der Waals surface area contributed by atoms with E-state index in [0.29, 0.717) is 13.2 Å². The van der Waals surface area contributed by atoms with E-state index in [-0.39, 0.29) is 0 Å². The highest BCUT2D eigenvalue weighted by Crippen LogP contribution is 2.45. The fourth-order valence-corrected chi connectivity index (χ4v) is 14.3. The zero-order chi connectivity index (χ0) is 65.5. The number of hydrogen-bond donors (Lipinski definition) is 2. The van der Waals surface area contributed by atoms with Crippen LogP contribution >= 0.6 is 0 Å². The highest BCUT2D eigenvalue weighted by Gasteiger charge is 2.24. The van der Waals surface area contributed by atoms with E-state index in [4.69, 9.17) is 29.4 Å². The molecule has 10 heteroatoms. The van der Waals surface area contributed by atoms with Gasteiger partial charge in [-0.2, -0.15) is 0 Å². The van der Waals surface area contributed by atoms with Gasteiger partial charge in [0.15, 0.2) is 0 Å². The minimum atomic E-state index is 0.540. The molecule has 0 saturated heterocycles. The molecule has 0 amide bonds. The lowest BCUT2D eigenvalue weighted by molar-refractivity contribution is 0.308. The van der Waals surface area contributed by atoms with Gasteiger partial charge >= 0.3 is 0 Å². The number of hydrogen-bond acceptors (Lipinski definition) is 8. The SMILES string of the molecule is Cc1cncc(CCCCOc2ccccc2-c2c3nc(c4c5ccc([nH]5)c(-c5ccccc5OCCCCc5cncc(C)c5)c5nc(c(c6ccc2[nH]6)-c2ccccc2-c2ccc(cc2)-c2ccc6ccc7ccc(nc7c6n2)-c2ccc(cc2)-c2ccccc2-4)C=C5)C=C3)c1. The smallest absolute Gasteiger partial charge is 0.127 e. The summed E-state index contributed by atoms with van der Waals surface area (Å²) in [5.74, 6) is 1.55. The van der Waals surface area contributed by atoms with Gasteiger partial charge in [0.05, 0.1) is 58.4 Å². The van der Waals surface area contributed by atoms with Crippen molar-refractivity contribution in [2.75, 3.05) is 13.2 Å². The van der Waals surface area contributed by atoms with Crippen molar-refractivity contribution in [3.8, 4) is 101 Å². The Bertz CT molecular complexity index is 5330. The molecule has 20 rings (SSSR count). The Morgan fingerprint density at radius 3 is 1.06 bits per heavy atom. The summed E-state index contributed by atoms with van der Waals surface area (Å²) in [6.07, 6.45) is 22.0. The monoisotopic (exact) mass is 1270 g/mol. The maximum absolute atomic E-state index is 6.91. The van der Waals surface area contributed by atoms with Crippen LogP contribution in [0.25, 0.3) is 157 Å². The summed E-state index contributed by atoms with van der Waals surface area (Å²) in [6.45, 7) is 5.27. The van der Waals surface area contributed by atoms with Crippen LogP contribution in [-0.4, -0.2) is 53.1 Å². The number of aryl methyl sites for hydroxylation is 4. The van der Waals surface area contributed by atoms with Gasteiger partial charge in [0.2, 0.25) is 0 Å². The highest BCUT2D eigenvalue weighted by atomic mass is 16.5. The summed E-state index contributed by atoms with van der Waals surface area (Å²) in [5, 5.41) is 2.07. The second-order valence-corrected chi connectivity index (χ2v) is 25.7. The molecule has 7 aromatic carbocycles. The maximum atomic E-state index is 6.91. The van der Waals surface area contributed by atoms with E-state index < -0.39 is 0 Å². The molecule has 0 spiro atoms. The Morgan fingerprint density at radius 2 is 0.663 bits per heavy atom. The normalized spacial score (nSPS) is 12.0. The fourth-order valence-electron chi connectivity index (χ4n) is 14.3. The van der Waals surface area contributed by atoms with E-state index in [0.717, 1.165) is 206 Å². The number of pyridine rings is 4. The lowest BCUT2D eigenvalue weighted by Crippen LogP contribution is -2.00. The van der Waals surface area contributed by atoms with Crippen molar-refractivity contribution < 1.29 is 9.47 Å². The first-order valence-corrected chi connectivity index (χ1v) is 33.9. The fraction of sp³-hybridized carbons (Fsp3) is 0.114. The predicted molar refractivity (Wildman–Crippen MR) is 401 cm³/mol. The first kappa shape index (κ1) is 59.6. The predicted octanol–water partition coefficient (Wildman–Crippen LogP) is 21.6. The topological polar surface area (TPSA) is 127 Å². The van der Waals surface area contributed by atoms with Crippen LogP contribution in [0.4, 0.5) is 0 Å². The number of nitrogens with zero attached hydrogens (tertiary/aromatic N) is 6. The van der Waals surface area contributed by atoms with Crippen molar-refractivity contribution in [3.05, 3.63) is 288 Å². The minimum Gasteiger partial charge on any atom is -0.493 e. The Labute approximate surface area is 568 Å². The summed E-state index contributed by atoms with van der Waals surface area (Å²) >= 11 is 0. The van der Waals surface area contributed by atoms with E-state index in [2.05, 4.69) is 276 Å². The van der Waals surface area contributed by atoms with Gasteiger partial charge in [-0.15, -0.1) is 0 Å². The molecule has 0 saturated carbocycles. The summed E-state index contributed by atoms with van der Waals surface area (Å²) in [7, 11) is 0. The average Bonchev–Trinajstić information content (AvgIpc) is 1.51. The van der Waals surface area contributed by atoms with Gasteiger partial charge in [0, 0.05) is 102 Å². The first-order chi connectivity index (χ1) is 48.4. The largest absolute Gasteiger partial charge is 0.493 e. The van der Waals surface area contributed by atoms with E-state index in [1.54, 1.807) is 0 Å². The maximum Gasteiger partial charge on any atom is 0.127 e. The summed E-state index contributed by atoms with van der Waals surface area (Å²) in [5.41, 5.74) is 28.7. The molecule has 18 bridgehead atoms. The number of para-hydroxylation sites is 2. The summed E-state index contributed by atoms with van der Waals surface area (Å²) in [6, 6.07) is 77.8. The molecule has 6 aliphatic heterocycles. The first-order valence-electron chi connectivity index (χ1n) is 33.9. The lowest BCUT2D eigenvalue weighted by atomic mass is 9.92. The summed E-state index contributed by atoms with van der Waals surface area (Å²) in [4.78, 5) is 39.5. The number of ether oxygens (including phenoxy) is 2. The zero-order valence-corrected chi connectivity index (χ0v) is 54.6. The number of rotatable bonds is 14. The van der Waals surface area contributed by atoms with Crippen LogP contribution in [0.3, 0.4) is 0 Å².